The number of carboxylic acid groups (broad SMARTS) is 1. The van der Waals surface area contributed by atoms with E-state index in [0.717, 1.165) is 11.3 Å². The summed E-state index contributed by atoms with van der Waals surface area (Å²) in [6.07, 6.45) is 2.92. The Balaban J connectivity index is 0.00000100. The van der Waals surface area contributed by atoms with Crippen molar-refractivity contribution < 1.29 is 9.90 Å². The minimum absolute atomic E-state index is 0.212. The van der Waals surface area contributed by atoms with Crippen LogP contribution in [0, 0.1) is 0 Å². The van der Waals surface area contributed by atoms with Crippen LogP contribution in [0.2, 0.25) is 0 Å². The smallest absolute Gasteiger partial charge is 0.335 e. The fourth-order valence-electron chi connectivity index (χ4n) is 2.05. The van der Waals surface area contributed by atoms with Gasteiger partial charge in [0.25, 0.3) is 0 Å². The van der Waals surface area contributed by atoms with Crippen LogP contribution in [0.5, 0.6) is 0 Å². The lowest BCUT2D eigenvalue weighted by atomic mass is 10.1. The number of hydrogen-bond donors (Lipinski definition) is 2. The fourth-order valence-corrected chi connectivity index (χ4v) is 2.05. The topological polar surface area (TPSA) is 75.1 Å². The monoisotopic (exact) mass is 395 g/mol. The predicted octanol–water partition coefficient (Wildman–Crippen LogP) is 7.05. The first-order valence-electron chi connectivity index (χ1n) is 10.1. The minimum Gasteiger partial charge on any atom is -0.478 e. The third kappa shape index (κ3) is 9.51. The lowest BCUT2D eigenvalue weighted by Crippen LogP contribution is -2.00. The van der Waals surface area contributed by atoms with Crippen LogP contribution in [0.15, 0.2) is 66.9 Å². The van der Waals surface area contributed by atoms with Gasteiger partial charge < -0.3 is 10.4 Å². The SMILES string of the molecule is CC.CC.CCC.O=C(O)c1cccc(Nc2nccc(-c3ccccc3)n2)c1. The lowest BCUT2D eigenvalue weighted by molar-refractivity contribution is 0.0697. The first-order chi connectivity index (χ1) is 14.1. The molecule has 5 heteroatoms. The van der Waals surface area contributed by atoms with E-state index in [9.17, 15) is 4.79 Å². The number of aromatic carboxylic acids is 1. The number of benzene rings is 2. The molecule has 29 heavy (non-hydrogen) atoms. The summed E-state index contributed by atoms with van der Waals surface area (Å²) < 4.78 is 0. The molecule has 0 spiro atoms. The average molecular weight is 396 g/mol. The zero-order valence-electron chi connectivity index (χ0n) is 18.3. The number of nitrogens with one attached hydrogen (secondary N) is 1. The molecule has 0 atom stereocenters. The highest BCUT2D eigenvalue weighted by Gasteiger charge is 2.05. The van der Waals surface area contributed by atoms with Gasteiger partial charge in [-0.3, -0.25) is 0 Å². The Morgan fingerprint density at radius 2 is 1.55 bits per heavy atom. The summed E-state index contributed by atoms with van der Waals surface area (Å²) in [4.78, 5) is 19.6. The number of carboxylic acids is 1. The molecule has 3 aromatic rings. The summed E-state index contributed by atoms with van der Waals surface area (Å²) in [7, 11) is 0. The van der Waals surface area contributed by atoms with Crippen LogP contribution in [0.4, 0.5) is 11.6 Å². The molecular formula is C24H33N3O2. The van der Waals surface area contributed by atoms with Crippen molar-refractivity contribution in [1.29, 1.82) is 0 Å². The molecule has 2 N–H and O–H groups in total. The Bertz CT molecular complexity index is 821. The standard InChI is InChI=1S/C17H13N3O2.C3H8.2C2H6/c21-16(22)13-7-4-8-14(11-13)19-17-18-10-9-15(20-17)12-5-2-1-3-6-12;1-3-2;2*1-2/h1-11H,(H,21,22)(H,18,19,20);3H2,1-2H3;2*1-2H3. The van der Waals surface area contributed by atoms with Crippen molar-refractivity contribution in [3.05, 3.63) is 72.4 Å². The van der Waals surface area contributed by atoms with Crippen molar-refractivity contribution in [2.75, 3.05) is 5.32 Å². The zero-order valence-corrected chi connectivity index (χ0v) is 18.3. The Morgan fingerprint density at radius 1 is 0.931 bits per heavy atom. The molecule has 0 amide bonds. The molecule has 0 unspecified atom stereocenters. The summed E-state index contributed by atoms with van der Waals surface area (Å²) in [6.45, 7) is 12.2. The zero-order chi connectivity index (χ0) is 22.1. The van der Waals surface area contributed by atoms with Gasteiger partial charge in [0.2, 0.25) is 5.95 Å². The lowest BCUT2D eigenvalue weighted by Gasteiger charge is -2.07. The van der Waals surface area contributed by atoms with E-state index in [1.165, 1.54) is 12.5 Å². The number of rotatable bonds is 4. The largest absolute Gasteiger partial charge is 0.478 e. The molecule has 0 aliphatic rings. The molecule has 0 radical (unpaired) electrons. The molecule has 0 aliphatic carbocycles. The Kier molecular flexibility index (Phi) is 14.1. The number of carbonyl (C=O) groups is 1. The van der Waals surface area contributed by atoms with Gasteiger partial charge in [-0.25, -0.2) is 14.8 Å². The second-order valence-corrected chi connectivity index (χ2v) is 5.35. The van der Waals surface area contributed by atoms with Crippen molar-refractivity contribution in [3.63, 3.8) is 0 Å². The highest BCUT2D eigenvalue weighted by molar-refractivity contribution is 5.89. The maximum absolute atomic E-state index is 11.0. The first-order valence-corrected chi connectivity index (χ1v) is 10.1. The quantitative estimate of drug-likeness (QED) is 0.495. The van der Waals surface area contributed by atoms with E-state index in [1.807, 2.05) is 64.1 Å². The summed E-state index contributed by atoms with van der Waals surface area (Å²) >= 11 is 0. The minimum atomic E-state index is -0.970. The van der Waals surface area contributed by atoms with E-state index in [-0.39, 0.29) is 5.56 Å². The van der Waals surface area contributed by atoms with Crippen LogP contribution >= 0.6 is 0 Å². The van der Waals surface area contributed by atoms with Gasteiger partial charge in [-0.15, -0.1) is 0 Å². The van der Waals surface area contributed by atoms with Crippen LogP contribution in [0.3, 0.4) is 0 Å². The van der Waals surface area contributed by atoms with Crippen molar-refractivity contribution in [1.82, 2.24) is 9.97 Å². The predicted molar refractivity (Wildman–Crippen MR) is 123 cm³/mol. The second kappa shape index (κ2) is 15.8. The molecule has 0 saturated heterocycles. The molecule has 2 aromatic carbocycles. The molecule has 5 nitrogen and oxygen atoms in total. The van der Waals surface area contributed by atoms with Gasteiger partial charge in [0.05, 0.1) is 11.3 Å². The van der Waals surface area contributed by atoms with Crippen molar-refractivity contribution in [3.8, 4) is 11.3 Å². The van der Waals surface area contributed by atoms with Gasteiger partial charge >= 0.3 is 5.97 Å². The summed E-state index contributed by atoms with van der Waals surface area (Å²) in [5, 5.41) is 12.0. The van der Waals surface area contributed by atoms with Crippen LogP contribution in [-0.2, 0) is 0 Å². The van der Waals surface area contributed by atoms with Gasteiger partial charge in [0, 0.05) is 17.4 Å². The molecule has 3 rings (SSSR count). The molecule has 0 bridgehead atoms. The maximum Gasteiger partial charge on any atom is 0.335 e. The number of anilines is 2. The molecule has 0 saturated carbocycles. The molecule has 156 valence electrons. The van der Waals surface area contributed by atoms with E-state index in [1.54, 1.807) is 24.4 Å². The average Bonchev–Trinajstić information content (AvgIpc) is 2.78. The fraction of sp³-hybridized carbons (Fsp3) is 0.292. The van der Waals surface area contributed by atoms with Gasteiger partial charge in [0.1, 0.15) is 0 Å². The second-order valence-electron chi connectivity index (χ2n) is 5.35. The highest BCUT2D eigenvalue weighted by atomic mass is 16.4. The molecule has 1 aromatic heterocycles. The van der Waals surface area contributed by atoms with Gasteiger partial charge in [0.15, 0.2) is 0 Å². The van der Waals surface area contributed by atoms with E-state index in [0.29, 0.717) is 11.6 Å². The number of aromatic nitrogens is 2. The van der Waals surface area contributed by atoms with Crippen LogP contribution in [-0.4, -0.2) is 21.0 Å². The Morgan fingerprint density at radius 3 is 2.14 bits per heavy atom. The molecule has 1 heterocycles. The van der Waals surface area contributed by atoms with Crippen LogP contribution in [0.25, 0.3) is 11.3 Å². The van der Waals surface area contributed by atoms with Crippen molar-refractivity contribution >= 4 is 17.6 Å². The molecule has 0 aliphatic heterocycles. The van der Waals surface area contributed by atoms with E-state index in [4.69, 9.17) is 5.11 Å². The summed E-state index contributed by atoms with van der Waals surface area (Å²) in [5.41, 5.74) is 2.63. The Labute approximate surface area is 174 Å². The van der Waals surface area contributed by atoms with Gasteiger partial charge in [-0.05, 0) is 24.3 Å². The molecular weight excluding hydrogens is 362 g/mol. The van der Waals surface area contributed by atoms with Gasteiger partial charge in [-0.2, -0.15) is 0 Å². The Hall–Kier alpha value is -3.21. The summed E-state index contributed by atoms with van der Waals surface area (Å²) in [6, 6.07) is 18.1. The van der Waals surface area contributed by atoms with E-state index < -0.39 is 5.97 Å². The van der Waals surface area contributed by atoms with E-state index in [2.05, 4.69) is 29.1 Å². The van der Waals surface area contributed by atoms with Crippen molar-refractivity contribution in [2.24, 2.45) is 0 Å². The van der Waals surface area contributed by atoms with Gasteiger partial charge in [-0.1, -0.05) is 84.4 Å². The molecule has 0 fully saturated rings. The first kappa shape index (κ1) is 25.8. The normalized spacial score (nSPS) is 8.76. The third-order valence-electron chi connectivity index (χ3n) is 3.09. The number of hydrogen-bond acceptors (Lipinski definition) is 4. The van der Waals surface area contributed by atoms with Crippen LogP contribution in [0.1, 0.15) is 58.3 Å². The van der Waals surface area contributed by atoms with Crippen LogP contribution < -0.4 is 5.32 Å². The summed E-state index contributed by atoms with van der Waals surface area (Å²) in [5.74, 6) is -0.550. The number of nitrogens with zero attached hydrogens (tertiary/aromatic N) is 2. The van der Waals surface area contributed by atoms with E-state index >= 15 is 0 Å². The maximum atomic E-state index is 11.0. The van der Waals surface area contributed by atoms with Crippen molar-refractivity contribution in [2.45, 2.75) is 48.0 Å². The third-order valence-corrected chi connectivity index (χ3v) is 3.09. The highest BCUT2D eigenvalue weighted by Crippen LogP contribution is 2.19.